The van der Waals surface area contributed by atoms with Crippen molar-refractivity contribution < 1.29 is 14.3 Å². The van der Waals surface area contributed by atoms with Crippen molar-refractivity contribution in [3.8, 4) is 11.5 Å². The molecular formula is C20H18N2O3. The zero-order chi connectivity index (χ0) is 17.6. The van der Waals surface area contributed by atoms with Crippen LogP contribution in [0.25, 0.3) is 0 Å². The molecule has 5 heteroatoms. The highest BCUT2D eigenvalue weighted by Gasteiger charge is 2.10. The molecule has 3 N–H and O–H groups in total. The van der Waals surface area contributed by atoms with Crippen LogP contribution in [0.3, 0.4) is 0 Å². The monoisotopic (exact) mass is 334 g/mol. The lowest BCUT2D eigenvalue weighted by Gasteiger charge is -2.14. The van der Waals surface area contributed by atoms with Crippen molar-refractivity contribution in [2.45, 2.75) is 0 Å². The van der Waals surface area contributed by atoms with Gasteiger partial charge in [0.25, 0.3) is 0 Å². The molecule has 126 valence electrons. The summed E-state index contributed by atoms with van der Waals surface area (Å²) in [5, 5.41) is 3.24. The SMILES string of the molecule is COC(=O)c1ccc(Nc2ccccc2Oc2ccccc2)c(N)c1. The van der Waals surface area contributed by atoms with Crippen molar-refractivity contribution in [3.63, 3.8) is 0 Å². The number of esters is 1. The average molecular weight is 334 g/mol. The number of nitrogens with two attached hydrogens (primary N) is 1. The Kier molecular flexibility index (Phi) is 4.85. The predicted octanol–water partition coefficient (Wildman–Crippen LogP) is 4.59. The number of nitrogens with one attached hydrogen (secondary N) is 1. The molecule has 0 atom stereocenters. The lowest BCUT2D eigenvalue weighted by atomic mass is 10.1. The Labute approximate surface area is 146 Å². The maximum Gasteiger partial charge on any atom is 0.337 e. The van der Waals surface area contributed by atoms with Crippen LogP contribution < -0.4 is 15.8 Å². The van der Waals surface area contributed by atoms with E-state index >= 15 is 0 Å². The number of carbonyl (C=O) groups excluding carboxylic acids is 1. The van der Waals surface area contributed by atoms with Gasteiger partial charge in [-0.15, -0.1) is 0 Å². The van der Waals surface area contributed by atoms with Crippen LogP contribution in [0.2, 0.25) is 0 Å². The molecule has 0 unspecified atom stereocenters. The third-order valence-electron chi connectivity index (χ3n) is 3.60. The van der Waals surface area contributed by atoms with Gasteiger partial charge in [-0.25, -0.2) is 4.79 Å². The first-order valence-electron chi connectivity index (χ1n) is 7.74. The van der Waals surface area contributed by atoms with Crippen molar-refractivity contribution in [1.29, 1.82) is 0 Å². The van der Waals surface area contributed by atoms with Gasteiger partial charge in [-0.05, 0) is 42.5 Å². The first kappa shape index (κ1) is 16.4. The van der Waals surface area contributed by atoms with Gasteiger partial charge in [-0.3, -0.25) is 0 Å². The molecule has 0 heterocycles. The molecule has 0 spiro atoms. The van der Waals surface area contributed by atoms with E-state index in [1.54, 1.807) is 18.2 Å². The van der Waals surface area contributed by atoms with Gasteiger partial charge in [0.05, 0.1) is 29.7 Å². The van der Waals surface area contributed by atoms with E-state index in [1.807, 2.05) is 54.6 Å². The number of carbonyl (C=O) groups is 1. The second kappa shape index (κ2) is 7.40. The Morgan fingerprint density at radius 2 is 1.64 bits per heavy atom. The number of anilines is 3. The minimum absolute atomic E-state index is 0.402. The maximum absolute atomic E-state index is 11.6. The number of hydrogen-bond acceptors (Lipinski definition) is 5. The quantitative estimate of drug-likeness (QED) is 0.527. The van der Waals surface area contributed by atoms with Gasteiger partial charge in [0.15, 0.2) is 5.75 Å². The summed E-state index contributed by atoms with van der Waals surface area (Å²) in [5.74, 6) is 0.988. The summed E-state index contributed by atoms with van der Waals surface area (Å²) in [4.78, 5) is 11.6. The number of para-hydroxylation sites is 3. The van der Waals surface area contributed by atoms with Crippen molar-refractivity contribution in [3.05, 3.63) is 78.4 Å². The number of rotatable bonds is 5. The molecule has 0 aliphatic carbocycles. The van der Waals surface area contributed by atoms with Gasteiger partial charge in [0.2, 0.25) is 0 Å². The van der Waals surface area contributed by atoms with Gasteiger partial charge >= 0.3 is 5.97 Å². The summed E-state index contributed by atoms with van der Waals surface area (Å²) in [6.07, 6.45) is 0. The number of benzene rings is 3. The Morgan fingerprint density at radius 1 is 0.920 bits per heavy atom. The largest absolute Gasteiger partial charge is 0.465 e. The molecular weight excluding hydrogens is 316 g/mol. The number of methoxy groups -OCH3 is 1. The maximum atomic E-state index is 11.6. The average Bonchev–Trinajstić information content (AvgIpc) is 2.65. The molecule has 0 saturated carbocycles. The number of hydrogen-bond donors (Lipinski definition) is 2. The Bertz CT molecular complexity index is 879. The molecule has 25 heavy (non-hydrogen) atoms. The van der Waals surface area contributed by atoms with Crippen LogP contribution in [0.1, 0.15) is 10.4 Å². The van der Waals surface area contributed by atoms with Crippen LogP contribution in [0, 0.1) is 0 Å². The third-order valence-corrected chi connectivity index (χ3v) is 3.60. The minimum Gasteiger partial charge on any atom is -0.465 e. The van der Waals surface area contributed by atoms with E-state index < -0.39 is 5.97 Å². The van der Waals surface area contributed by atoms with Crippen LogP contribution in [-0.2, 0) is 4.74 Å². The van der Waals surface area contributed by atoms with E-state index in [1.165, 1.54) is 7.11 Å². The van der Waals surface area contributed by atoms with Crippen molar-refractivity contribution in [2.75, 3.05) is 18.2 Å². The first-order valence-corrected chi connectivity index (χ1v) is 7.74. The Balaban J connectivity index is 1.85. The summed E-state index contributed by atoms with van der Waals surface area (Å²) in [7, 11) is 1.34. The molecule has 3 rings (SSSR count). The highest BCUT2D eigenvalue weighted by molar-refractivity contribution is 5.92. The highest BCUT2D eigenvalue weighted by Crippen LogP contribution is 2.33. The number of nitrogen functional groups attached to an aromatic ring is 1. The van der Waals surface area contributed by atoms with E-state index in [2.05, 4.69) is 5.32 Å². The van der Waals surface area contributed by atoms with Crippen LogP contribution >= 0.6 is 0 Å². The summed E-state index contributed by atoms with van der Waals surface area (Å²) < 4.78 is 10.6. The van der Waals surface area contributed by atoms with Crippen LogP contribution in [0.15, 0.2) is 72.8 Å². The van der Waals surface area contributed by atoms with E-state index in [-0.39, 0.29) is 0 Å². The predicted molar refractivity (Wildman–Crippen MR) is 98.4 cm³/mol. The van der Waals surface area contributed by atoms with E-state index in [0.29, 0.717) is 22.7 Å². The molecule has 0 aliphatic rings. The molecule has 0 fully saturated rings. The second-order valence-corrected chi connectivity index (χ2v) is 5.33. The summed E-state index contributed by atoms with van der Waals surface area (Å²) in [6, 6.07) is 22.1. The van der Waals surface area contributed by atoms with Crippen LogP contribution in [0.5, 0.6) is 11.5 Å². The van der Waals surface area contributed by atoms with Crippen LogP contribution in [0.4, 0.5) is 17.1 Å². The summed E-state index contributed by atoms with van der Waals surface area (Å²) >= 11 is 0. The minimum atomic E-state index is -0.425. The van der Waals surface area contributed by atoms with Crippen molar-refractivity contribution in [1.82, 2.24) is 0 Å². The fraction of sp³-hybridized carbons (Fsp3) is 0.0500. The lowest BCUT2D eigenvalue weighted by Crippen LogP contribution is -2.04. The topological polar surface area (TPSA) is 73.6 Å². The number of ether oxygens (including phenoxy) is 2. The van der Waals surface area contributed by atoms with Gasteiger partial charge in [-0.2, -0.15) is 0 Å². The Morgan fingerprint density at radius 3 is 2.36 bits per heavy atom. The first-order chi connectivity index (χ1) is 12.2. The molecule has 5 nitrogen and oxygen atoms in total. The van der Waals surface area contributed by atoms with E-state index in [0.717, 1.165) is 11.4 Å². The van der Waals surface area contributed by atoms with Crippen molar-refractivity contribution >= 4 is 23.0 Å². The molecule has 3 aromatic rings. The summed E-state index contributed by atoms with van der Waals surface area (Å²) in [5.41, 5.74) is 8.34. The fourth-order valence-corrected chi connectivity index (χ4v) is 2.34. The standard InChI is InChI=1S/C20H18N2O3/c1-24-20(23)14-11-12-17(16(21)13-14)22-18-9-5-6-10-19(18)25-15-7-3-2-4-8-15/h2-13,22H,21H2,1H3. The van der Waals surface area contributed by atoms with Gasteiger partial charge < -0.3 is 20.5 Å². The zero-order valence-corrected chi connectivity index (χ0v) is 13.7. The van der Waals surface area contributed by atoms with Gasteiger partial charge in [0.1, 0.15) is 5.75 Å². The molecule has 0 aromatic heterocycles. The molecule has 0 bridgehead atoms. The zero-order valence-electron chi connectivity index (χ0n) is 13.7. The van der Waals surface area contributed by atoms with E-state index in [4.69, 9.17) is 15.2 Å². The molecule has 0 amide bonds. The molecule has 3 aromatic carbocycles. The lowest BCUT2D eigenvalue weighted by molar-refractivity contribution is 0.0601. The highest BCUT2D eigenvalue weighted by atomic mass is 16.5. The fourth-order valence-electron chi connectivity index (χ4n) is 2.34. The van der Waals surface area contributed by atoms with Crippen LogP contribution in [-0.4, -0.2) is 13.1 Å². The smallest absolute Gasteiger partial charge is 0.337 e. The third kappa shape index (κ3) is 3.90. The van der Waals surface area contributed by atoms with Gasteiger partial charge in [0, 0.05) is 0 Å². The second-order valence-electron chi connectivity index (χ2n) is 5.33. The molecule has 0 aliphatic heterocycles. The van der Waals surface area contributed by atoms with E-state index in [9.17, 15) is 4.79 Å². The molecule has 0 saturated heterocycles. The summed E-state index contributed by atoms with van der Waals surface area (Å²) in [6.45, 7) is 0. The normalized spacial score (nSPS) is 10.1. The van der Waals surface area contributed by atoms with Crippen molar-refractivity contribution in [2.24, 2.45) is 0 Å². The molecule has 0 radical (unpaired) electrons. The Hall–Kier alpha value is -3.47. The van der Waals surface area contributed by atoms with Gasteiger partial charge in [-0.1, -0.05) is 30.3 Å².